The molecule has 0 aromatic carbocycles. The first-order valence-electron chi connectivity index (χ1n) is 1.19. The van der Waals surface area contributed by atoms with Crippen molar-refractivity contribution in [3.8, 4) is 0 Å². The molecule has 0 aliphatic heterocycles. The van der Waals surface area contributed by atoms with E-state index in [9.17, 15) is 9.18 Å². The van der Waals surface area contributed by atoms with Gasteiger partial charge < -0.3 is 0 Å². The van der Waals surface area contributed by atoms with Gasteiger partial charge in [-0.15, -0.1) is 0 Å². The molecule has 0 aliphatic rings. The largest absolute Gasteiger partial charge is 0.342 e. The van der Waals surface area contributed by atoms with Crippen LogP contribution in [0.25, 0.3) is 0 Å². The first kappa shape index (κ1) is 5.63. The molecule has 0 fully saturated rings. The zero-order valence-electron chi connectivity index (χ0n) is 2.87. The summed E-state index contributed by atoms with van der Waals surface area (Å²) in [6.45, 7) is 2.80. The Hall–Kier alpha value is -0.370. The molecular weight excluding hydrogens is 106 g/mol. The molecule has 0 amide bonds. The maximum absolute atomic E-state index is 11.0. The van der Waals surface area contributed by atoms with Crippen LogP contribution >= 0.6 is 11.6 Å². The maximum Gasteiger partial charge on any atom is 0.342 e. The second-order valence-corrected chi connectivity index (χ2v) is 1.13. The highest BCUT2D eigenvalue weighted by Gasteiger charge is 1.95. The molecule has 0 aliphatic carbocycles. The summed E-state index contributed by atoms with van der Waals surface area (Å²) in [7, 11) is 0. The SMILES string of the molecule is C=C(Cl)C(=O)F. The van der Waals surface area contributed by atoms with Gasteiger partial charge >= 0.3 is 6.04 Å². The van der Waals surface area contributed by atoms with E-state index in [1.807, 2.05) is 0 Å². The fraction of sp³-hybridized carbons (Fsp3) is 0. The van der Waals surface area contributed by atoms with Gasteiger partial charge in [-0.25, -0.2) is 0 Å². The summed E-state index contributed by atoms with van der Waals surface area (Å²) in [5.41, 5.74) is 0. The highest BCUT2D eigenvalue weighted by Crippen LogP contribution is 1.96. The lowest BCUT2D eigenvalue weighted by atomic mass is 10.7. The Balaban J connectivity index is 3.57. The van der Waals surface area contributed by atoms with E-state index in [1.54, 1.807) is 0 Å². The number of rotatable bonds is 1. The molecule has 0 spiro atoms. The third kappa shape index (κ3) is 1.91. The monoisotopic (exact) mass is 108 g/mol. The quantitative estimate of drug-likeness (QED) is 0.365. The van der Waals surface area contributed by atoms with E-state index in [-0.39, 0.29) is 0 Å². The number of allylic oxidation sites excluding steroid dienone is 1. The van der Waals surface area contributed by atoms with Gasteiger partial charge in [0.1, 0.15) is 5.03 Å². The molecule has 0 rings (SSSR count). The minimum atomic E-state index is -1.67. The standard InChI is InChI=1S/C3H2ClFO/c1-2(4)3(5)6/h1H2. The Morgan fingerprint density at radius 3 is 2.00 bits per heavy atom. The first-order chi connectivity index (χ1) is 2.64. The lowest BCUT2D eigenvalue weighted by molar-refractivity contribution is -0.124. The van der Waals surface area contributed by atoms with E-state index in [0.717, 1.165) is 0 Å². The first-order valence-corrected chi connectivity index (χ1v) is 1.56. The van der Waals surface area contributed by atoms with Crippen LogP contribution in [0.5, 0.6) is 0 Å². The molecule has 0 N–H and O–H groups in total. The van der Waals surface area contributed by atoms with Crippen molar-refractivity contribution >= 4 is 17.6 Å². The number of hydrogen-bond donors (Lipinski definition) is 0. The molecule has 0 aromatic heterocycles. The number of hydrogen-bond acceptors (Lipinski definition) is 1. The summed E-state index contributed by atoms with van der Waals surface area (Å²) >= 11 is 4.69. The lowest BCUT2D eigenvalue weighted by Crippen LogP contribution is -1.80. The minimum absolute atomic E-state index is 0.574. The van der Waals surface area contributed by atoms with E-state index >= 15 is 0 Å². The molecule has 0 atom stereocenters. The number of halogens is 2. The molecule has 0 unspecified atom stereocenters. The number of carbonyl (C=O) groups is 1. The zero-order valence-corrected chi connectivity index (χ0v) is 3.63. The van der Waals surface area contributed by atoms with Gasteiger partial charge in [0.2, 0.25) is 0 Å². The average Bonchev–Trinajstić information content (AvgIpc) is 1.36. The van der Waals surface area contributed by atoms with Crippen LogP contribution in [0.4, 0.5) is 4.39 Å². The van der Waals surface area contributed by atoms with Crippen LogP contribution in [0, 0.1) is 0 Å². The van der Waals surface area contributed by atoms with Crippen molar-refractivity contribution in [3.05, 3.63) is 11.6 Å². The van der Waals surface area contributed by atoms with E-state index in [4.69, 9.17) is 11.6 Å². The molecule has 6 heavy (non-hydrogen) atoms. The highest BCUT2D eigenvalue weighted by molar-refractivity contribution is 6.40. The summed E-state index contributed by atoms with van der Waals surface area (Å²) in [5, 5.41) is -0.574. The summed E-state index contributed by atoms with van der Waals surface area (Å²) in [6.07, 6.45) is 0. The predicted molar refractivity (Wildman–Crippen MR) is 21.1 cm³/mol. The van der Waals surface area contributed by atoms with Crippen LogP contribution in [-0.4, -0.2) is 6.04 Å². The molecule has 34 valence electrons. The van der Waals surface area contributed by atoms with Crippen LogP contribution in [0.2, 0.25) is 0 Å². The Morgan fingerprint density at radius 1 is 1.83 bits per heavy atom. The van der Waals surface area contributed by atoms with Gasteiger partial charge in [0.25, 0.3) is 0 Å². The Bertz CT molecular complexity index is 76.8. The van der Waals surface area contributed by atoms with Gasteiger partial charge in [0.05, 0.1) is 0 Å². The summed E-state index contributed by atoms with van der Waals surface area (Å²) in [5.74, 6) is 0. The molecular formula is C3H2ClFO. The maximum atomic E-state index is 11.0. The van der Waals surface area contributed by atoms with Gasteiger partial charge in [0, 0.05) is 0 Å². The molecule has 0 saturated heterocycles. The van der Waals surface area contributed by atoms with Crippen LogP contribution in [0.15, 0.2) is 11.6 Å². The number of carbonyl (C=O) groups excluding carboxylic acids is 1. The summed E-state index contributed by atoms with van der Waals surface area (Å²) in [4.78, 5) is 9.25. The van der Waals surface area contributed by atoms with Crippen molar-refractivity contribution in [2.45, 2.75) is 0 Å². The fourth-order valence-electron chi connectivity index (χ4n) is 0. The van der Waals surface area contributed by atoms with E-state index in [2.05, 4.69) is 6.58 Å². The molecule has 0 bridgehead atoms. The van der Waals surface area contributed by atoms with E-state index in [1.165, 1.54) is 0 Å². The third-order valence-corrected chi connectivity index (χ3v) is 0.362. The molecule has 0 saturated carbocycles. The lowest BCUT2D eigenvalue weighted by Gasteiger charge is -1.72. The molecule has 0 aromatic rings. The van der Waals surface area contributed by atoms with Gasteiger partial charge in [-0.2, -0.15) is 4.39 Å². The Kier molecular flexibility index (Phi) is 1.81. The van der Waals surface area contributed by atoms with Crippen molar-refractivity contribution in [1.82, 2.24) is 0 Å². The molecule has 1 nitrogen and oxygen atoms in total. The third-order valence-electron chi connectivity index (χ3n) is 0.213. The van der Waals surface area contributed by atoms with Crippen LogP contribution in [0.3, 0.4) is 0 Å². The normalized spacial score (nSPS) is 7.67. The predicted octanol–water partition coefficient (Wildman–Crippen LogP) is 1.24. The smallest absolute Gasteiger partial charge is 0.254 e. The zero-order chi connectivity index (χ0) is 5.15. The van der Waals surface area contributed by atoms with Crippen LogP contribution in [-0.2, 0) is 4.79 Å². The van der Waals surface area contributed by atoms with Crippen LogP contribution in [0.1, 0.15) is 0 Å². The minimum Gasteiger partial charge on any atom is -0.254 e. The highest BCUT2D eigenvalue weighted by atomic mass is 35.5. The fourth-order valence-corrected chi connectivity index (χ4v) is 0. The molecule has 0 radical (unpaired) electrons. The second-order valence-electron chi connectivity index (χ2n) is 0.679. The second kappa shape index (κ2) is 1.92. The van der Waals surface area contributed by atoms with Gasteiger partial charge in [-0.3, -0.25) is 4.79 Å². The van der Waals surface area contributed by atoms with E-state index in [0.29, 0.717) is 0 Å². The summed E-state index contributed by atoms with van der Waals surface area (Å²) < 4.78 is 11.0. The van der Waals surface area contributed by atoms with Crippen molar-refractivity contribution in [3.63, 3.8) is 0 Å². The Labute approximate surface area is 39.4 Å². The molecule has 0 heterocycles. The Morgan fingerprint density at radius 2 is 2.00 bits per heavy atom. The van der Waals surface area contributed by atoms with Gasteiger partial charge in [-0.05, 0) is 0 Å². The van der Waals surface area contributed by atoms with Gasteiger partial charge in [-0.1, -0.05) is 18.2 Å². The summed E-state index contributed by atoms with van der Waals surface area (Å²) in [6, 6.07) is -1.67. The van der Waals surface area contributed by atoms with E-state index < -0.39 is 11.1 Å². The average molecular weight is 108 g/mol. The van der Waals surface area contributed by atoms with Crippen molar-refractivity contribution < 1.29 is 9.18 Å². The molecule has 3 heteroatoms. The van der Waals surface area contributed by atoms with Crippen LogP contribution < -0.4 is 0 Å². The van der Waals surface area contributed by atoms with Crippen molar-refractivity contribution in [2.75, 3.05) is 0 Å². The van der Waals surface area contributed by atoms with Crippen molar-refractivity contribution in [1.29, 1.82) is 0 Å². The van der Waals surface area contributed by atoms with Gasteiger partial charge in [0.15, 0.2) is 0 Å². The topological polar surface area (TPSA) is 17.1 Å². The van der Waals surface area contributed by atoms with Crippen molar-refractivity contribution in [2.24, 2.45) is 0 Å².